The Labute approximate surface area is 182 Å². The zero-order valence-corrected chi connectivity index (χ0v) is 18.7. The largest absolute Gasteiger partial charge is 0.368 e. The highest BCUT2D eigenvalue weighted by Gasteiger charge is 2.25. The van der Waals surface area contributed by atoms with Crippen LogP contribution in [-0.2, 0) is 0 Å². The van der Waals surface area contributed by atoms with Gasteiger partial charge in [0.05, 0.1) is 0 Å². The molecule has 2 aromatic rings. The third-order valence-electron chi connectivity index (χ3n) is 6.74. The lowest BCUT2D eigenvalue weighted by Gasteiger charge is -2.37. The molecule has 0 radical (unpaired) electrons. The number of urea groups is 1. The van der Waals surface area contributed by atoms with Crippen LogP contribution in [0.15, 0.2) is 29.6 Å². The van der Waals surface area contributed by atoms with Gasteiger partial charge in [0.2, 0.25) is 0 Å². The summed E-state index contributed by atoms with van der Waals surface area (Å²) in [7, 11) is 1.49. The molecule has 2 heterocycles. The normalized spacial score (nSPS) is 22.9. The minimum atomic E-state index is -0.739. The predicted octanol–water partition coefficient (Wildman–Crippen LogP) is 4.54. The first-order valence-electron chi connectivity index (χ1n) is 11.1. The van der Waals surface area contributed by atoms with Crippen LogP contribution in [0.5, 0.6) is 0 Å². The maximum absolute atomic E-state index is 12.6. The van der Waals surface area contributed by atoms with E-state index in [4.69, 9.17) is 0 Å². The summed E-state index contributed by atoms with van der Waals surface area (Å²) in [6, 6.07) is 8.79. The number of nitrogens with one attached hydrogen (secondary N) is 1. The second-order valence-corrected chi connectivity index (χ2v) is 9.66. The summed E-state index contributed by atoms with van der Waals surface area (Å²) in [5.41, 5.74) is 1.38. The van der Waals surface area contributed by atoms with Crippen molar-refractivity contribution in [2.45, 2.75) is 38.1 Å². The highest BCUT2D eigenvalue weighted by Crippen LogP contribution is 2.31. The number of thiophene rings is 1. The van der Waals surface area contributed by atoms with E-state index in [1.54, 1.807) is 0 Å². The number of rotatable bonds is 6. The Hall–Kier alpha value is -1.86. The van der Waals surface area contributed by atoms with Gasteiger partial charge in [0, 0.05) is 55.0 Å². The second-order valence-electron chi connectivity index (χ2n) is 8.71. The van der Waals surface area contributed by atoms with Crippen LogP contribution in [0.25, 0.3) is 10.1 Å². The van der Waals surface area contributed by atoms with Crippen molar-refractivity contribution in [2.24, 2.45) is 5.92 Å². The van der Waals surface area contributed by atoms with Gasteiger partial charge in [-0.3, -0.25) is 9.80 Å². The van der Waals surface area contributed by atoms with E-state index in [0.29, 0.717) is 0 Å². The second kappa shape index (κ2) is 9.96. The minimum absolute atomic E-state index is 0.200. The summed E-state index contributed by atoms with van der Waals surface area (Å²) in [4.78, 5) is 18.0. The molecule has 0 spiro atoms. The van der Waals surface area contributed by atoms with Crippen molar-refractivity contribution in [3.63, 3.8) is 0 Å². The highest BCUT2D eigenvalue weighted by atomic mass is 32.1. The molecule has 30 heavy (non-hydrogen) atoms. The van der Waals surface area contributed by atoms with Gasteiger partial charge in [0.1, 0.15) is 0 Å². The number of fused-ring (bicyclic) bond motifs is 1. The molecule has 1 aromatic carbocycles. The fourth-order valence-corrected chi connectivity index (χ4v) is 5.57. The topological polar surface area (TPSA) is 38.8 Å². The molecule has 1 saturated heterocycles. The van der Waals surface area contributed by atoms with Crippen LogP contribution >= 0.6 is 11.3 Å². The monoisotopic (exact) mass is 432 g/mol. The van der Waals surface area contributed by atoms with Crippen molar-refractivity contribution in [2.75, 3.05) is 51.5 Å². The molecule has 1 N–H and O–H groups in total. The maximum atomic E-state index is 12.6. The van der Waals surface area contributed by atoms with Gasteiger partial charge in [-0.1, -0.05) is 6.07 Å². The van der Waals surface area contributed by atoms with Gasteiger partial charge < -0.3 is 10.2 Å². The Morgan fingerprint density at radius 2 is 1.93 bits per heavy atom. The third-order valence-corrected chi connectivity index (χ3v) is 7.62. The average molecular weight is 433 g/mol. The number of nitrogens with zero attached hydrogens (tertiary/aromatic N) is 3. The van der Waals surface area contributed by atoms with E-state index in [9.17, 15) is 9.18 Å². The van der Waals surface area contributed by atoms with Gasteiger partial charge >= 0.3 is 6.03 Å². The third kappa shape index (κ3) is 5.06. The summed E-state index contributed by atoms with van der Waals surface area (Å²) in [6.07, 6.45) is 5.57. The van der Waals surface area contributed by atoms with Crippen LogP contribution in [0.2, 0.25) is 0 Å². The first-order valence-corrected chi connectivity index (χ1v) is 12.0. The van der Waals surface area contributed by atoms with Crippen molar-refractivity contribution < 1.29 is 9.18 Å². The molecule has 164 valence electrons. The minimum Gasteiger partial charge on any atom is -0.368 e. The van der Waals surface area contributed by atoms with Gasteiger partial charge in [-0.25, -0.2) is 9.18 Å². The van der Waals surface area contributed by atoms with Crippen LogP contribution in [0.1, 0.15) is 32.1 Å². The first kappa shape index (κ1) is 21.4. The van der Waals surface area contributed by atoms with E-state index >= 15 is 0 Å². The first-order chi connectivity index (χ1) is 14.6. The number of halogens is 1. The fraction of sp³-hybridized carbons (Fsp3) is 0.609. The lowest BCUT2D eigenvalue weighted by atomic mass is 9.84. The summed E-state index contributed by atoms with van der Waals surface area (Å²) in [5.74, 6) is 0.745. The molecule has 1 aliphatic heterocycles. The van der Waals surface area contributed by atoms with Crippen molar-refractivity contribution >= 4 is 33.1 Å². The predicted molar refractivity (Wildman–Crippen MR) is 123 cm³/mol. The van der Waals surface area contributed by atoms with Gasteiger partial charge in [0.25, 0.3) is 0 Å². The number of alkyl halides is 1. The molecule has 2 fully saturated rings. The van der Waals surface area contributed by atoms with Crippen LogP contribution < -0.4 is 10.2 Å². The zero-order chi connectivity index (χ0) is 20.9. The van der Waals surface area contributed by atoms with Crippen LogP contribution in [0.3, 0.4) is 0 Å². The van der Waals surface area contributed by atoms with Crippen molar-refractivity contribution in [3.8, 4) is 0 Å². The summed E-state index contributed by atoms with van der Waals surface area (Å²) < 4.78 is 13.9. The number of hydrogen-bond donors (Lipinski definition) is 1. The van der Waals surface area contributed by atoms with E-state index in [0.717, 1.165) is 62.7 Å². The van der Waals surface area contributed by atoms with E-state index in [-0.39, 0.29) is 12.1 Å². The number of hydrogen-bond acceptors (Lipinski definition) is 4. The summed E-state index contributed by atoms with van der Waals surface area (Å²) >= 11 is 1.82. The summed E-state index contributed by atoms with van der Waals surface area (Å²) in [6.45, 7) is 4.87. The Balaban J connectivity index is 1.17. The maximum Gasteiger partial charge on any atom is 0.319 e. The van der Waals surface area contributed by atoms with Crippen LogP contribution in [0, 0.1) is 5.92 Å². The van der Waals surface area contributed by atoms with Crippen molar-refractivity contribution in [3.05, 3.63) is 29.6 Å². The van der Waals surface area contributed by atoms with Crippen LogP contribution in [-0.4, -0.2) is 68.4 Å². The molecule has 2 aliphatic rings. The Morgan fingerprint density at radius 3 is 2.67 bits per heavy atom. The molecule has 1 saturated carbocycles. The molecule has 4 rings (SSSR count). The van der Waals surface area contributed by atoms with E-state index in [1.807, 2.05) is 11.3 Å². The molecule has 1 aromatic heterocycles. The molecular formula is C23H33FN4OS. The van der Waals surface area contributed by atoms with Gasteiger partial charge in [-0.2, -0.15) is 0 Å². The van der Waals surface area contributed by atoms with E-state index in [1.165, 1.54) is 35.8 Å². The SMILES string of the molecule is CN(CF)C(=O)NC1CCC(CCN2CCN(c3cccc4sccc34)CC2)CC1. The van der Waals surface area contributed by atoms with Gasteiger partial charge in [0.15, 0.2) is 6.80 Å². The fourth-order valence-electron chi connectivity index (χ4n) is 4.77. The highest BCUT2D eigenvalue weighted by molar-refractivity contribution is 7.17. The molecule has 0 bridgehead atoms. The van der Waals surface area contributed by atoms with Crippen molar-refractivity contribution in [1.29, 1.82) is 0 Å². The number of carbonyl (C=O) groups is 1. The Kier molecular flexibility index (Phi) is 7.10. The van der Waals surface area contributed by atoms with Gasteiger partial charge in [-0.15, -0.1) is 11.3 Å². The van der Waals surface area contributed by atoms with E-state index in [2.05, 4.69) is 44.8 Å². The molecule has 2 amide bonds. The number of benzene rings is 1. The van der Waals surface area contributed by atoms with Gasteiger partial charge in [-0.05, 0) is 68.1 Å². The molecule has 0 unspecified atom stereocenters. The zero-order valence-electron chi connectivity index (χ0n) is 17.9. The van der Waals surface area contributed by atoms with Crippen molar-refractivity contribution in [1.82, 2.24) is 15.1 Å². The standard InChI is InChI=1S/C23H33FN4OS/c1-26(17-24)23(29)25-19-7-5-18(6-8-19)9-11-27-12-14-28(15-13-27)21-3-2-4-22-20(21)10-16-30-22/h2-4,10,16,18-19H,5-9,11-15,17H2,1H3,(H,25,29). The lowest BCUT2D eigenvalue weighted by Crippen LogP contribution is -2.47. The molecule has 0 atom stereocenters. The molecular weight excluding hydrogens is 399 g/mol. The number of piperazine rings is 1. The van der Waals surface area contributed by atoms with E-state index < -0.39 is 6.80 Å². The molecule has 1 aliphatic carbocycles. The molecule has 7 heteroatoms. The number of anilines is 1. The summed E-state index contributed by atoms with van der Waals surface area (Å²) in [5, 5.41) is 6.53. The number of carbonyl (C=O) groups excluding carboxylic acids is 1. The molecule has 5 nitrogen and oxygen atoms in total. The van der Waals surface area contributed by atoms with Crippen LogP contribution in [0.4, 0.5) is 14.9 Å². The number of amides is 2. The smallest absolute Gasteiger partial charge is 0.319 e. The quantitative estimate of drug-likeness (QED) is 0.681. The Morgan fingerprint density at radius 1 is 1.17 bits per heavy atom. The average Bonchev–Trinajstić information content (AvgIpc) is 3.27. The lowest BCUT2D eigenvalue weighted by molar-refractivity contribution is 0.173. The Bertz CT molecular complexity index is 827.